The van der Waals surface area contributed by atoms with Gasteiger partial charge in [0.25, 0.3) is 5.91 Å². The minimum absolute atomic E-state index is 0. The normalized spacial score (nSPS) is 16.9. The molecule has 1 N–H and O–H groups in total. The van der Waals surface area contributed by atoms with Crippen LogP contribution in [-0.2, 0) is 0 Å². The van der Waals surface area contributed by atoms with Crippen molar-refractivity contribution in [2.75, 3.05) is 19.6 Å². The van der Waals surface area contributed by atoms with Gasteiger partial charge in [0.1, 0.15) is 5.82 Å². The van der Waals surface area contributed by atoms with Crippen LogP contribution in [0.4, 0.5) is 4.39 Å². The van der Waals surface area contributed by atoms with Crippen LogP contribution in [0, 0.1) is 5.82 Å². The van der Waals surface area contributed by atoms with Crippen LogP contribution in [0.25, 0.3) is 0 Å². The zero-order valence-electron chi connectivity index (χ0n) is 12.3. The van der Waals surface area contributed by atoms with E-state index in [0.717, 1.165) is 12.1 Å². The highest BCUT2D eigenvalue weighted by molar-refractivity contribution is 5.94. The Bertz CT molecular complexity index is 642. The van der Waals surface area contributed by atoms with Crippen molar-refractivity contribution in [2.24, 2.45) is 0 Å². The molecule has 7 heteroatoms. The Kier molecular flexibility index (Phi) is 7.42. The Morgan fingerprint density at radius 3 is 2.78 bits per heavy atom. The SMILES string of the molecule is Cl.Cl.O=C(c1cccnc1)N1CCNCC1c1cccc(F)c1. The Hall–Kier alpha value is -1.69. The summed E-state index contributed by atoms with van der Waals surface area (Å²) in [7, 11) is 0. The number of carbonyl (C=O) groups is 1. The molecular weight excluding hydrogens is 340 g/mol. The first-order valence-corrected chi connectivity index (χ1v) is 6.93. The second-order valence-electron chi connectivity index (χ2n) is 5.02. The fourth-order valence-corrected chi connectivity index (χ4v) is 2.61. The van der Waals surface area contributed by atoms with E-state index in [1.807, 2.05) is 6.07 Å². The van der Waals surface area contributed by atoms with Crippen LogP contribution in [0.2, 0.25) is 0 Å². The van der Waals surface area contributed by atoms with Gasteiger partial charge in [0.05, 0.1) is 11.6 Å². The number of halogens is 3. The van der Waals surface area contributed by atoms with Gasteiger partial charge in [-0.3, -0.25) is 9.78 Å². The molecular formula is C16H18Cl2FN3O. The molecule has 1 saturated heterocycles. The predicted octanol–water partition coefficient (Wildman–Crippen LogP) is 2.85. The maximum atomic E-state index is 13.4. The lowest BCUT2D eigenvalue weighted by Gasteiger charge is -2.36. The molecule has 1 fully saturated rings. The van der Waals surface area contributed by atoms with Crippen molar-refractivity contribution < 1.29 is 9.18 Å². The Morgan fingerprint density at radius 1 is 1.26 bits per heavy atom. The van der Waals surface area contributed by atoms with Crippen LogP contribution in [0.3, 0.4) is 0 Å². The molecule has 3 rings (SSSR count). The first kappa shape index (κ1) is 19.4. The van der Waals surface area contributed by atoms with Crippen LogP contribution in [0.5, 0.6) is 0 Å². The van der Waals surface area contributed by atoms with Gasteiger partial charge in [-0.2, -0.15) is 0 Å². The summed E-state index contributed by atoms with van der Waals surface area (Å²) in [5.41, 5.74) is 1.36. The summed E-state index contributed by atoms with van der Waals surface area (Å²) < 4.78 is 13.4. The van der Waals surface area contributed by atoms with Gasteiger partial charge in [0.15, 0.2) is 0 Å². The Balaban J connectivity index is 0.00000132. The molecule has 1 atom stereocenters. The van der Waals surface area contributed by atoms with Gasteiger partial charge in [-0.25, -0.2) is 4.39 Å². The topological polar surface area (TPSA) is 45.2 Å². The minimum atomic E-state index is -0.285. The number of hydrogen-bond acceptors (Lipinski definition) is 3. The first-order chi connectivity index (χ1) is 10.3. The molecule has 1 aromatic heterocycles. The van der Waals surface area contributed by atoms with E-state index in [9.17, 15) is 9.18 Å². The lowest BCUT2D eigenvalue weighted by atomic mass is 10.0. The van der Waals surface area contributed by atoms with E-state index in [0.29, 0.717) is 18.7 Å². The molecule has 1 unspecified atom stereocenters. The first-order valence-electron chi connectivity index (χ1n) is 6.93. The molecule has 2 heterocycles. The lowest BCUT2D eigenvalue weighted by molar-refractivity contribution is 0.0633. The summed E-state index contributed by atoms with van der Waals surface area (Å²) in [6, 6.07) is 9.75. The minimum Gasteiger partial charge on any atom is -0.329 e. The van der Waals surface area contributed by atoms with Crippen LogP contribution in [0.15, 0.2) is 48.8 Å². The van der Waals surface area contributed by atoms with E-state index in [2.05, 4.69) is 10.3 Å². The second kappa shape index (κ2) is 8.82. The molecule has 1 aliphatic heterocycles. The van der Waals surface area contributed by atoms with E-state index in [-0.39, 0.29) is 42.6 Å². The molecule has 124 valence electrons. The smallest absolute Gasteiger partial charge is 0.256 e. The molecule has 0 spiro atoms. The molecule has 1 aromatic carbocycles. The van der Waals surface area contributed by atoms with Crippen molar-refractivity contribution in [3.63, 3.8) is 0 Å². The molecule has 0 saturated carbocycles. The van der Waals surface area contributed by atoms with Gasteiger partial charge in [0, 0.05) is 32.0 Å². The van der Waals surface area contributed by atoms with Crippen molar-refractivity contribution in [1.82, 2.24) is 15.2 Å². The van der Waals surface area contributed by atoms with Crippen LogP contribution in [0.1, 0.15) is 22.0 Å². The number of amides is 1. The van der Waals surface area contributed by atoms with Crippen LogP contribution in [-0.4, -0.2) is 35.4 Å². The van der Waals surface area contributed by atoms with Gasteiger partial charge in [0.2, 0.25) is 0 Å². The molecule has 4 nitrogen and oxygen atoms in total. The average molecular weight is 358 g/mol. The summed E-state index contributed by atoms with van der Waals surface area (Å²) in [4.78, 5) is 18.4. The van der Waals surface area contributed by atoms with E-state index in [4.69, 9.17) is 0 Å². The highest BCUT2D eigenvalue weighted by atomic mass is 35.5. The third-order valence-electron chi connectivity index (χ3n) is 3.65. The highest BCUT2D eigenvalue weighted by Crippen LogP contribution is 2.24. The molecule has 23 heavy (non-hydrogen) atoms. The van der Waals surface area contributed by atoms with Gasteiger partial charge in [-0.05, 0) is 29.8 Å². The maximum Gasteiger partial charge on any atom is 0.256 e. The Labute approximate surface area is 146 Å². The monoisotopic (exact) mass is 357 g/mol. The fraction of sp³-hybridized carbons (Fsp3) is 0.250. The van der Waals surface area contributed by atoms with E-state index < -0.39 is 0 Å². The second-order valence-corrected chi connectivity index (χ2v) is 5.02. The number of hydrogen-bond donors (Lipinski definition) is 1. The standard InChI is InChI=1S/C16H16FN3O.2ClH/c17-14-5-1-3-12(9-14)15-11-19-7-8-20(15)16(21)13-4-2-6-18-10-13;;/h1-6,9-10,15,19H,7-8,11H2;2*1H. The van der Waals surface area contributed by atoms with Gasteiger partial charge in [-0.15, -0.1) is 24.8 Å². The molecule has 0 radical (unpaired) electrons. The van der Waals surface area contributed by atoms with Crippen molar-refractivity contribution in [2.45, 2.75) is 6.04 Å². The number of nitrogens with one attached hydrogen (secondary N) is 1. The number of pyridine rings is 1. The zero-order chi connectivity index (χ0) is 14.7. The third kappa shape index (κ3) is 4.41. The average Bonchev–Trinajstić information content (AvgIpc) is 2.55. The number of aromatic nitrogens is 1. The molecule has 1 amide bonds. The maximum absolute atomic E-state index is 13.4. The van der Waals surface area contributed by atoms with E-state index in [1.165, 1.54) is 12.1 Å². The van der Waals surface area contributed by atoms with Crippen LogP contribution < -0.4 is 5.32 Å². The third-order valence-corrected chi connectivity index (χ3v) is 3.65. The van der Waals surface area contributed by atoms with Gasteiger partial charge < -0.3 is 10.2 Å². The predicted molar refractivity (Wildman–Crippen MR) is 91.8 cm³/mol. The summed E-state index contributed by atoms with van der Waals surface area (Å²) in [5.74, 6) is -0.356. The van der Waals surface area contributed by atoms with E-state index >= 15 is 0 Å². The number of rotatable bonds is 2. The van der Waals surface area contributed by atoms with Crippen molar-refractivity contribution in [1.29, 1.82) is 0 Å². The largest absolute Gasteiger partial charge is 0.329 e. The van der Waals surface area contributed by atoms with Gasteiger partial charge >= 0.3 is 0 Å². The zero-order valence-corrected chi connectivity index (χ0v) is 13.9. The lowest BCUT2D eigenvalue weighted by Crippen LogP contribution is -2.48. The van der Waals surface area contributed by atoms with Crippen LogP contribution >= 0.6 is 24.8 Å². The van der Waals surface area contributed by atoms with Crippen molar-refractivity contribution >= 4 is 30.7 Å². The highest BCUT2D eigenvalue weighted by Gasteiger charge is 2.28. The number of carbonyl (C=O) groups excluding carboxylic acids is 1. The molecule has 0 bridgehead atoms. The van der Waals surface area contributed by atoms with E-state index in [1.54, 1.807) is 35.5 Å². The molecule has 2 aromatic rings. The summed E-state index contributed by atoms with van der Waals surface area (Å²) in [6.45, 7) is 1.95. The van der Waals surface area contributed by atoms with Crippen molar-refractivity contribution in [3.05, 3.63) is 65.7 Å². The quantitative estimate of drug-likeness (QED) is 0.898. The number of piperazine rings is 1. The summed E-state index contributed by atoms with van der Waals surface area (Å²) >= 11 is 0. The molecule has 1 aliphatic rings. The van der Waals surface area contributed by atoms with Crippen molar-refractivity contribution in [3.8, 4) is 0 Å². The number of nitrogens with zero attached hydrogens (tertiary/aromatic N) is 2. The van der Waals surface area contributed by atoms with Gasteiger partial charge in [-0.1, -0.05) is 12.1 Å². The summed E-state index contributed by atoms with van der Waals surface area (Å²) in [5, 5.41) is 3.26. The Morgan fingerprint density at radius 2 is 2.09 bits per heavy atom. The summed E-state index contributed by atoms with van der Waals surface area (Å²) in [6.07, 6.45) is 3.20. The molecule has 0 aliphatic carbocycles. The number of benzene rings is 1. The fourth-order valence-electron chi connectivity index (χ4n) is 2.61.